The summed E-state index contributed by atoms with van der Waals surface area (Å²) in [6, 6.07) is 3.67. The molecule has 2 heterocycles. The molecule has 0 bridgehead atoms. The lowest BCUT2D eigenvalue weighted by Gasteiger charge is -2.31. The Balaban J connectivity index is 1.97. The first-order valence-electron chi connectivity index (χ1n) is 8.42. The van der Waals surface area contributed by atoms with Crippen LogP contribution in [0.3, 0.4) is 0 Å². The number of hydrogen-bond acceptors (Lipinski definition) is 5. The number of thiophene rings is 1. The van der Waals surface area contributed by atoms with E-state index in [1.165, 1.54) is 15.6 Å². The summed E-state index contributed by atoms with van der Waals surface area (Å²) in [5.41, 5.74) is 0. The van der Waals surface area contributed by atoms with Crippen LogP contribution in [0.1, 0.15) is 31.6 Å². The summed E-state index contributed by atoms with van der Waals surface area (Å²) in [5, 5.41) is 6.17. The fraction of sp³-hybridized carbons (Fsp3) is 0.688. The highest BCUT2D eigenvalue weighted by atomic mass is 32.2. The number of likely N-dealkylation sites (N-methyl/N-ethyl adjacent to an activating group) is 1. The Bertz CT molecular complexity index is 657. The van der Waals surface area contributed by atoms with Gasteiger partial charge in [-0.3, -0.25) is 4.79 Å². The van der Waals surface area contributed by atoms with Crippen LogP contribution in [0.4, 0.5) is 0 Å². The van der Waals surface area contributed by atoms with Crippen molar-refractivity contribution in [3.8, 4) is 0 Å². The van der Waals surface area contributed by atoms with Gasteiger partial charge in [-0.15, -0.1) is 11.3 Å². The minimum absolute atomic E-state index is 0.0537. The molecule has 1 saturated heterocycles. The van der Waals surface area contributed by atoms with E-state index in [2.05, 4.69) is 10.6 Å². The quantitative estimate of drug-likeness (QED) is 0.760. The number of carbonyl (C=O) groups is 1. The summed E-state index contributed by atoms with van der Waals surface area (Å²) < 4.78 is 27.3. The number of amides is 1. The smallest absolute Gasteiger partial charge is 0.252 e. The largest absolute Gasteiger partial charge is 0.354 e. The van der Waals surface area contributed by atoms with Gasteiger partial charge in [0.25, 0.3) is 10.0 Å². The van der Waals surface area contributed by atoms with E-state index in [9.17, 15) is 13.2 Å². The molecule has 6 nitrogen and oxygen atoms in total. The predicted molar refractivity (Wildman–Crippen MR) is 96.7 cm³/mol. The zero-order valence-corrected chi connectivity index (χ0v) is 16.2. The summed E-state index contributed by atoms with van der Waals surface area (Å²) in [7, 11) is -3.49. The second-order valence-electron chi connectivity index (χ2n) is 6.27. The Hall–Kier alpha value is -0.960. The van der Waals surface area contributed by atoms with E-state index >= 15 is 0 Å². The molecule has 1 amide bonds. The van der Waals surface area contributed by atoms with Crippen molar-refractivity contribution < 1.29 is 13.2 Å². The van der Waals surface area contributed by atoms with Gasteiger partial charge in [0.1, 0.15) is 4.21 Å². The summed E-state index contributed by atoms with van der Waals surface area (Å²) in [4.78, 5) is 13.3. The maximum absolute atomic E-state index is 12.7. The van der Waals surface area contributed by atoms with Crippen LogP contribution in [0.5, 0.6) is 0 Å². The van der Waals surface area contributed by atoms with Crippen molar-refractivity contribution in [2.45, 2.75) is 43.9 Å². The Morgan fingerprint density at radius 2 is 2.21 bits per heavy atom. The lowest BCUT2D eigenvalue weighted by atomic mass is 9.99. The van der Waals surface area contributed by atoms with Crippen LogP contribution in [0.25, 0.3) is 0 Å². The molecule has 0 aliphatic carbocycles. The minimum atomic E-state index is -3.49. The van der Waals surface area contributed by atoms with Crippen molar-refractivity contribution in [2.75, 3.05) is 26.2 Å². The first-order valence-corrected chi connectivity index (χ1v) is 10.7. The molecule has 2 N–H and O–H groups in total. The molecule has 0 aromatic carbocycles. The Labute approximate surface area is 148 Å². The SMILES string of the molecule is CCN[C@H](C)CNC(=O)C1CCCN(S(=O)(=O)c2ccc(C)s2)C1. The fourth-order valence-electron chi connectivity index (χ4n) is 2.87. The van der Waals surface area contributed by atoms with Gasteiger partial charge in [-0.1, -0.05) is 6.92 Å². The summed E-state index contributed by atoms with van der Waals surface area (Å²) >= 11 is 1.28. The van der Waals surface area contributed by atoms with Gasteiger partial charge in [0.05, 0.1) is 5.92 Å². The van der Waals surface area contributed by atoms with E-state index in [0.29, 0.717) is 23.7 Å². The van der Waals surface area contributed by atoms with Crippen LogP contribution in [-0.4, -0.2) is 50.9 Å². The molecule has 1 unspecified atom stereocenters. The van der Waals surface area contributed by atoms with E-state index in [0.717, 1.165) is 17.8 Å². The van der Waals surface area contributed by atoms with Gasteiger partial charge in [0.2, 0.25) is 5.91 Å². The maximum atomic E-state index is 12.7. The third kappa shape index (κ3) is 4.78. The zero-order valence-electron chi connectivity index (χ0n) is 14.5. The van der Waals surface area contributed by atoms with E-state index in [-0.39, 0.29) is 24.4 Å². The van der Waals surface area contributed by atoms with Crippen LogP contribution in [0.2, 0.25) is 0 Å². The average molecular weight is 374 g/mol. The molecular weight excluding hydrogens is 346 g/mol. The molecule has 2 rings (SSSR count). The highest BCUT2D eigenvalue weighted by molar-refractivity contribution is 7.91. The monoisotopic (exact) mass is 373 g/mol. The third-order valence-corrected chi connectivity index (χ3v) is 7.53. The predicted octanol–water partition coefficient (Wildman–Crippen LogP) is 1.57. The number of rotatable bonds is 7. The highest BCUT2D eigenvalue weighted by Crippen LogP contribution is 2.28. The lowest BCUT2D eigenvalue weighted by Crippen LogP contribution is -2.47. The molecule has 0 spiro atoms. The molecule has 1 aliphatic heterocycles. The molecule has 1 aliphatic rings. The maximum Gasteiger partial charge on any atom is 0.252 e. The summed E-state index contributed by atoms with van der Waals surface area (Å²) in [5.74, 6) is -0.328. The molecule has 2 atom stereocenters. The molecular formula is C16H27N3O3S2. The number of carbonyl (C=O) groups excluding carboxylic acids is 1. The van der Waals surface area contributed by atoms with Crippen LogP contribution in [-0.2, 0) is 14.8 Å². The first kappa shape index (κ1) is 19.4. The fourth-order valence-corrected chi connectivity index (χ4v) is 5.83. The zero-order chi connectivity index (χ0) is 17.7. The molecule has 0 radical (unpaired) electrons. The Kier molecular flexibility index (Phi) is 6.79. The van der Waals surface area contributed by atoms with E-state index in [1.807, 2.05) is 26.8 Å². The molecule has 136 valence electrons. The third-order valence-electron chi connectivity index (χ3n) is 4.20. The Morgan fingerprint density at radius 1 is 1.46 bits per heavy atom. The van der Waals surface area contributed by atoms with E-state index < -0.39 is 10.0 Å². The molecule has 24 heavy (non-hydrogen) atoms. The Morgan fingerprint density at radius 3 is 2.83 bits per heavy atom. The van der Waals surface area contributed by atoms with Gasteiger partial charge in [-0.25, -0.2) is 8.42 Å². The van der Waals surface area contributed by atoms with Crippen molar-refractivity contribution >= 4 is 27.3 Å². The van der Waals surface area contributed by atoms with E-state index in [1.54, 1.807) is 6.07 Å². The van der Waals surface area contributed by atoms with Gasteiger partial charge in [0.15, 0.2) is 0 Å². The van der Waals surface area contributed by atoms with Gasteiger partial charge >= 0.3 is 0 Å². The van der Waals surface area contributed by atoms with Crippen molar-refractivity contribution in [1.29, 1.82) is 0 Å². The van der Waals surface area contributed by atoms with Crippen molar-refractivity contribution in [1.82, 2.24) is 14.9 Å². The number of piperidine rings is 1. The highest BCUT2D eigenvalue weighted by Gasteiger charge is 2.33. The number of hydrogen-bond donors (Lipinski definition) is 2. The normalized spacial score (nSPS) is 20.7. The van der Waals surface area contributed by atoms with Gasteiger partial charge in [0, 0.05) is 30.6 Å². The van der Waals surface area contributed by atoms with Crippen molar-refractivity contribution in [3.05, 3.63) is 17.0 Å². The first-order chi connectivity index (χ1) is 11.3. The summed E-state index contributed by atoms with van der Waals surface area (Å²) in [6.07, 6.45) is 1.45. The average Bonchev–Trinajstić information content (AvgIpc) is 3.00. The number of nitrogens with one attached hydrogen (secondary N) is 2. The minimum Gasteiger partial charge on any atom is -0.354 e. The standard InChI is InChI=1S/C16H27N3O3S2/c1-4-17-12(2)10-18-16(20)14-6-5-9-19(11-14)24(21,22)15-8-7-13(3)23-15/h7-8,12,14,17H,4-6,9-11H2,1-3H3,(H,18,20)/t12-,14?/m1/s1. The van der Waals surface area contributed by atoms with Crippen LogP contribution < -0.4 is 10.6 Å². The molecule has 8 heteroatoms. The summed E-state index contributed by atoms with van der Waals surface area (Å²) in [6.45, 7) is 8.08. The van der Waals surface area contributed by atoms with Gasteiger partial charge < -0.3 is 10.6 Å². The molecule has 1 fully saturated rings. The second kappa shape index (κ2) is 8.42. The van der Waals surface area contributed by atoms with Crippen LogP contribution in [0.15, 0.2) is 16.3 Å². The molecule has 0 saturated carbocycles. The number of aryl methyl sites for hydroxylation is 1. The topological polar surface area (TPSA) is 78.5 Å². The molecule has 1 aromatic rings. The second-order valence-corrected chi connectivity index (χ2v) is 9.72. The number of sulfonamides is 1. The lowest BCUT2D eigenvalue weighted by molar-refractivity contribution is -0.126. The van der Waals surface area contributed by atoms with Crippen LogP contribution >= 0.6 is 11.3 Å². The molecule has 1 aromatic heterocycles. The van der Waals surface area contributed by atoms with Crippen molar-refractivity contribution in [2.24, 2.45) is 5.92 Å². The van der Waals surface area contributed by atoms with Gasteiger partial charge in [-0.2, -0.15) is 4.31 Å². The van der Waals surface area contributed by atoms with Crippen LogP contribution in [0, 0.1) is 12.8 Å². The van der Waals surface area contributed by atoms with Gasteiger partial charge in [-0.05, 0) is 45.4 Å². The number of nitrogens with zero attached hydrogens (tertiary/aromatic N) is 1. The van der Waals surface area contributed by atoms with Crippen molar-refractivity contribution in [3.63, 3.8) is 0 Å². The van der Waals surface area contributed by atoms with E-state index in [4.69, 9.17) is 0 Å².